The first kappa shape index (κ1) is 23.7. The summed E-state index contributed by atoms with van der Waals surface area (Å²) in [5.41, 5.74) is 1.49. The third-order valence-corrected chi connectivity index (χ3v) is 5.98. The van der Waals surface area contributed by atoms with E-state index >= 15 is 0 Å². The number of benzene rings is 3. The molecule has 1 aliphatic rings. The predicted octanol–water partition coefficient (Wildman–Crippen LogP) is 5.28. The third-order valence-electron chi connectivity index (χ3n) is 5.73. The van der Waals surface area contributed by atoms with Crippen molar-refractivity contribution in [1.29, 1.82) is 0 Å². The minimum Gasteiger partial charge on any atom is -0.487 e. The van der Waals surface area contributed by atoms with Gasteiger partial charge in [-0.25, -0.2) is 8.78 Å². The van der Waals surface area contributed by atoms with Crippen molar-refractivity contribution in [1.82, 2.24) is 4.90 Å². The van der Waals surface area contributed by atoms with Gasteiger partial charge in [-0.15, -0.1) is 0 Å². The van der Waals surface area contributed by atoms with Crippen molar-refractivity contribution < 1.29 is 28.2 Å². The number of rotatable bonds is 7. The van der Waals surface area contributed by atoms with Gasteiger partial charge >= 0.3 is 5.97 Å². The molecule has 1 aliphatic heterocycles. The first-order chi connectivity index (χ1) is 16.1. The first-order valence-electron chi connectivity index (χ1n) is 10.6. The van der Waals surface area contributed by atoms with Crippen molar-refractivity contribution in [2.45, 2.75) is 31.9 Å². The topological polar surface area (TPSA) is 66.8 Å². The number of aliphatic carboxylic acids is 1. The van der Waals surface area contributed by atoms with Crippen LogP contribution in [0, 0.1) is 11.6 Å². The minimum atomic E-state index is -1.26. The van der Waals surface area contributed by atoms with Crippen LogP contribution in [0.15, 0.2) is 60.7 Å². The standard InChI is InChI=1S/C26H22ClF2NO4/c1-26(12-16-5-8-20(27)9-6-16)13-19-11-17(7-10-22(19)34-26)25(33)30(15-23(31)32)14-18-3-2-4-21(28)24(18)29/h2-11H,12-15H2,1H3,(H,31,32). The molecule has 1 atom stereocenters. The highest BCUT2D eigenvalue weighted by Gasteiger charge is 2.35. The predicted molar refractivity (Wildman–Crippen MR) is 123 cm³/mol. The number of halogens is 3. The number of hydrogen-bond acceptors (Lipinski definition) is 3. The number of hydrogen-bond donors (Lipinski definition) is 1. The van der Waals surface area contributed by atoms with Crippen LogP contribution in [-0.4, -0.2) is 34.0 Å². The zero-order valence-corrected chi connectivity index (χ0v) is 19.1. The molecule has 8 heteroatoms. The number of amides is 1. The molecule has 0 bridgehead atoms. The molecular formula is C26H22ClF2NO4. The summed E-state index contributed by atoms with van der Waals surface area (Å²) in [5.74, 6) is -3.37. The molecule has 0 radical (unpaired) electrons. The van der Waals surface area contributed by atoms with Gasteiger partial charge in [0.15, 0.2) is 11.6 Å². The van der Waals surface area contributed by atoms with Gasteiger partial charge in [-0.1, -0.05) is 35.9 Å². The maximum absolute atomic E-state index is 14.1. The number of carbonyl (C=O) groups excluding carboxylic acids is 1. The fraction of sp³-hybridized carbons (Fsp3) is 0.231. The second-order valence-corrected chi connectivity index (χ2v) is 9.06. The molecule has 176 valence electrons. The Morgan fingerprint density at radius 2 is 1.85 bits per heavy atom. The fourth-order valence-corrected chi connectivity index (χ4v) is 4.33. The van der Waals surface area contributed by atoms with Crippen LogP contribution in [0.4, 0.5) is 8.78 Å². The van der Waals surface area contributed by atoms with Crippen LogP contribution in [0.3, 0.4) is 0 Å². The van der Waals surface area contributed by atoms with E-state index in [0.29, 0.717) is 23.6 Å². The molecule has 0 spiro atoms. The summed E-state index contributed by atoms with van der Waals surface area (Å²) >= 11 is 5.96. The number of nitrogens with zero attached hydrogens (tertiary/aromatic N) is 1. The Labute approximate surface area is 200 Å². The molecule has 0 saturated carbocycles. The second kappa shape index (κ2) is 9.43. The highest BCUT2D eigenvalue weighted by molar-refractivity contribution is 6.30. The lowest BCUT2D eigenvalue weighted by molar-refractivity contribution is -0.137. The van der Waals surface area contributed by atoms with Crippen LogP contribution < -0.4 is 4.74 Å². The van der Waals surface area contributed by atoms with Crippen molar-refractivity contribution in [3.05, 3.63) is 99.6 Å². The van der Waals surface area contributed by atoms with Gasteiger partial charge in [0, 0.05) is 35.5 Å². The van der Waals surface area contributed by atoms with Gasteiger partial charge in [0.2, 0.25) is 0 Å². The van der Waals surface area contributed by atoms with Crippen LogP contribution in [0.1, 0.15) is 34.0 Å². The molecule has 0 saturated heterocycles. The summed E-state index contributed by atoms with van der Waals surface area (Å²) in [6.07, 6.45) is 1.18. The first-order valence-corrected chi connectivity index (χ1v) is 11.0. The van der Waals surface area contributed by atoms with Gasteiger partial charge in [-0.2, -0.15) is 0 Å². The number of carbonyl (C=O) groups is 2. The fourth-order valence-electron chi connectivity index (χ4n) is 4.21. The molecule has 0 fully saturated rings. The van der Waals surface area contributed by atoms with E-state index in [4.69, 9.17) is 16.3 Å². The molecule has 0 aliphatic carbocycles. The summed E-state index contributed by atoms with van der Waals surface area (Å²) in [5, 5.41) is 9.92. The summed E-state index contributed by atoms with van der Waals surface area (Å²) in [6.45, 7) is 0.944. The zero-order valence-electron chi connectivity index (χ0n) is 18.4. The largest absolute Gasteiger partial charge is 0.487 e. The van der Waals surface area contributed by atoms with E-state index in [1.807, 2.05) is 31.2 Å². The number of carboxylic acids is 1. The SMILES string of the molecule is CC1(Cc2ccc(Cl)cc2)Cc2cc(C(=O)N(CC(=O)O)Cc3cccc(F)c3F)ccc2O1. The van der Waals surface area contributed by atoms with Crippen LogP contribution in [0.5, 0.6) is 5.75 Å². The maximum Gasteiger partial charge on any atom is 0.323 e. The Hall–Kier alpha value is -3.45. The highest BCUT2D eigenvalue weighted by Crippen LogP contribution is 2.38. The number of carboxylic acid groups (broad SMARTS) is 1. The molecule has 0 aromatic heterocycles. The summed E-state index contributed by atoms with van der Waals surface area (Å²) < 4.78 is 33.9. The number of ether oxygens (including phenoxy) is 1. The highest BCUT2D eigenvalue weighted by atomic mass is 35.5. The third kappa shape index (κ3) is 5.20. The molecule has 1 N–H and O–H groups in total. The van der Waals surface area contributed by atoms with Crippen LogP contribution in [0.2, 0.25) is 5.02 Å². The second-order valence-electron chi connectivity index (χ2n) is 8.62. The molecule has 3 aromatic rings. The molecular weight excluding hydrogens is 464 g/mol. The Bertz CT molecular complexity index is 1250. The van der Waals surface area contributed by atoms with E-state index in [-0.39, 0.29) is 17.7 Å². The Kier molecular flexibility index (Phi) is 6.57. The summed E-state index contributed by atoms with van der Waals surface area (Å²) in [7, 11) is 0. The van der Waals surface area contributed by atoms with Gasteiger partial charge < -0.3 is 14.7 Å². The molecule has 34 heavy (non-hydrogen) atoms. The van der Waals surface area contributed by atoms with Gasteiger partial charge in [0.25, 0.3) is 5.91 Å². The van der Waals surface area contributed by atoms with Crippen LogP contribution in [0.25, 0.3) is 0 Å². The Morgan fingerprint density at radius 1 is 1.12 bits per heavy atom. The molecule has 3 aromatic carbocycles. The molecule has 1 amide bonds. The van der Waals surface area contributed by atoms with Crippen molar-refractivity contribution in [3.8, 4) is 5.75 Å². The monoisotopic (exact) mass is 485 g/mol. The molecule has 1 unspecified atom stereocenters. The average Bonchev–Trinajstić information content (AvgIpc) is 3.12. The minimum absolute atomic E-state index is 0.102. The van der Waals surface area contributed by atoms with Crippen molar-refractivity contribution in [2.24, 2.45) is 0 Å². The maximum atomic E-state index is 14.1. The van der Waals surface area contributed by atoms with E-state index < -0.39 is 35.7 Å². The molecule has 5 nitrogen and oxygen atoms in total. The van der Waals surface area contributed by atoms with Gasteiger partial charge in [0.1, 0.15) is 17.9 Å². The Morgan fingerprint density at radius 3 is 2.56 bits per heavy atom. The van der Waals surface area contributed by atoms with E-state index in [0.717, 1.165) is 22.1 Å². The summed E-state index contributed by atoms with van der Waals surface area (Å²) in [4.78, 5) is 25.5. The molecule has 1 heterocycles. The lowest BCUT2D eigenvalue weighted by Gasteiger charge is -2.24. The van der Waals surface area contributed by atoms with E-state index in [9.17, 15) is 23.5 Å². The van der Waals surface area contributed by atoms with Crippen LogP contribution in [-0.2, 0) is 24.2 Å². The van der Waals surface area contributed by atoms with E-state index in [1.54, 1.807) is 18.2 Å². The van der Waals surface area contributed by atoms with Crippen molar-refractivity contribution in [3.63, 3.8) is 0 Å². The smallest absolute Gasteiger partial charge is 0.323 e. The van der Waals surface area contributed by atoms with Crippen molar-refractivity contribution >= 4 is 23.5 Å². The van der Waals surface area contributed by atoms with Crippen molar-refractivity contribution in [2.75, 3.05) is 6.54 Å². The van der Waals surface area contributed by atoms with Crippen LogP contribution >= 0.6 is 11.6 Å². The van der Waals surface area contributed by atoms with Gasteiger partial charge in [-0.3, -0.25) is 9.59 Å². The quantitative estimate of drug-likeness (QED) is 0.494. The average molecular weight is 486 g/mol. The van der Waals surface area contributed by atoms with E-state index in [1.165, 1.54) is 12.1 Å². The van der Waals surface area contributed by atoms with Gasteiger partial charge in [-0.05, 0) is 54.4 Å². The van der Waals surface area contributed by atoms with E-state index in [2.05, 4.69) is 0 Å². The lowest BCUT2D eigenvalue weighted by Crippen LogP contribution is -2.35. The zero-order chi connectivity index (χ0) is 24.5. The van der Waals surface area contributed by atoms with Gasteiger partial charge in [0.05, 0.1) is 0 Å². The molecule has 4 rings (SSSR count). The Balaban J connectivity index is 1.54. The number of fused-ring (bicyclic) bond motifs is 1. The lowest BCUT2D eigenvalue weighted by atomic mass is 9.91. The normalized spacial score (nSPS) is 16.6. The summed E-state index contributed by atoms with van der Waals surface area (Å²) in [6, 6.07) is 16.0.